The Kier molecular flexibility index (Phi) is 6.12. The van der Waals surface area contributed by atoms with Crippen LogP contribution >= 0.6 is 11.8 Å². The molecule has 3 nitrogen and oxygen atoms in total. The fourth-order valence-corrected chi connectivity index (χ4v) is 3.98. The van der Waals surface area contributed by atoms with Gasteiger partial charge in [-0.3, -0.25) is 4.79 Å². The monoisotopic (exact) mass is 307 g/mol. The van der Waals surface area contributed by atoms with Crippen molar-refractivity contribution in [1.29, 1.82) is 0 Å². The van der Waals surface area contributed by atoms with Gasteiger partial charge in [0.1, 0.15) is 0 Å². The van der Waals surface area contributed by atoms with Gasteiger partial charge >= 0.3 is 5.97 Å². The minimum atomic E-state index is -0.772. The van der Waals surface area contributed by atoms with E-state index < -0.39 is 11.9 Å². The van der Waals surface area contributed by atoms with Gasteiger partial charge in [0.05, 0.1) is 5.92 Å². The van der Waals surface area contributed by atoms with Crippen molar-refractivity contribution in [1.82, 2.24) is 5.32 Å². The van der Waals surface area contributed by atoms with E-state index in [9.17, 15) is 4.79 Å². The minimum Gasteiger partial charge on any atom is -0.481 e. The number of hydrogen-bond acceptors (Lipinski definition) is 3. The average molecular weight is 307 g/mol. The lowest BCUT2D eigenvalue weighted by Crippen LogP contribution is -2.26. The van der Waals surface area contributed by atoms with Crippen molar-refractivity contribution in [3.63, 3.8) is 0 Å². The van der Waals surface area contributed by atoms with Crippen molar-refractivity contribution < 1.29 is 9.90 Å². The van der Waals surface area contributed by atoms with Gasteiger partial charge in [-0.25, -0.2) is 0 Å². The molecule has 4 heteroatoms. The van der Waals surface area contributed by atoms with Gasteiger partial charge in [-0.05, 0) is 43.1 Å². The van der Waals surface area contributed by atoms with Crippen molar-refractivity contribution in [2.75, 3.05) is 5.75 Å². The molecule has 1 aromatic carbocycles. The molecule has 0 aromatic heterocycles. The van der Waals surface area contributed by atoms with Crippen LogP contribution in [-0.4, -0.2) is 28.1 Å². The van der Waals surface area contributed by atoms with Crippen LogP contribution < -0.4 is 5.32 Å². The van der Waals surface area contributed by atoms with Crippen LogP contribution in [0.5, 0.6) is 0 Å². The zero-order valence-corrected chi connectivity index (χ0v) is 13.7. The average Bonchev–Trinajstić information content (AvgIpc) is 2.93. The maximum atomic E-state index is 11.0. The molecule has 1 fully saturated rings. The molecule has 2 N–H and O–H groups in total. The summed E-state index contributed by atoms with van der Waals surface area (Å²) in [5.41, 5.74) is 2.09. The summed E-state index contributed by atoms with van der Waals surface area (Å²) in [6, 6.07) is 8.57. The van der Waals surface area contributed by atoms with Gasteiger partial charge in [-0.1, -0.05) is 31.2 Å². The number of carboxylic acids is 1. The van der Waals surface area contributed by atoms with Gasteiger partial charge in [0, 0.05) is 17.8 Å². The molecule has 116 valence electrons. The maximum Gasteiger partial charge on any atom is 0.310 e. The molecule has 1 aromatic rings. The molecule has 0 heterocycles. The number of nitrogens with one attached hydrogen (secondary N) is 1. The molecule has 3 atom stereocenters. The Balaban J connectivity index is 1.80. The molecule has 0 saturated heterocycles. The largest absolute Gasteiger partial charge is 0.481 e. The molecular formula is C17H25NO2S. The Hall–Kier alpha value is -1.00. The van der Waals surface area contributed by atoms with E-state index in [1.165, 1.54) is 30.6 Å². The van der Waals surface area contributed by atoms with Crippen molar-refractivity contribution >= 4 is 17.7 Å². The fraction of sp³-hybridized carbons (Fsp3) is 0.588. The third-order valence-corrected chi connectivity index (χ3v) is 5.46. The first-order valence-electron chi connectivity index (χ1n) is 7.76. The highest BCUT2D eigenvalue weighted by molar-refractivity contribution is 7.99. The molecule has 0 spiro atoms. The van der Waals surface area contributed by atoms with Crippen LogP contribution in [0, 0.1) is 0 Å². The number of carbonyl (C=O) groups is 1. The Bertz CT molecular complexity index is 460. The van der Waals surface area contributed by atoms with E-state index in [0.29, 0.717) is 6.04 Å². The lowest BCUT2D eigenvalue weighted by Gasteiger charge is -2.14. The van der Waals surface area contributed by atoms with E-state index in [2.05, 4.69) is 24.0 Å². The summed E-state index contributed by atoms with van der Waals surface area (Å²) in [4.78, 5) is 11.0. The summed E-state index contributed by atoms with van der Waals surface area (Å²) in [5, 5.41) is 13.5. The molecule has 1 saturated carbocycles. The van der Waals surface area contributed by atoms with Crippen molar-refractivity contribution in [3.05, 3.63) is 35.4 Å². The minimum absolute atomic E-state index is 0.436. The van der Waals surface area contributed by atoms with E-state index in [-0.39, 0.29) is 0 Å². The van der Waals surface area contributed by atoms with E-state index in [0.717, 1.165) is 17.4 Å². The van der Waals surface area contributed by atoms with Gasteiger partial charge in [-0.15, -0.1) is 0 Å². The molecule has 0 bridgehead atoms. The number of thioether (sulfide) groups is 1. The highest BCUT2D eigenvalue weighted by atomic mass is 32.2. The van der Waals surface area contributed by atoms with Gasteiger partial charge in [0.15, 0.2) is 0 Å². The van der Waals surface area contributed by atoms with Crippen molar-refractivity contribution in [2.45, 2.75) is 56.9 Å². The topological polar surface area (TPSA) is 49.3 Å². The lowest BCUT2D eigenvalue weighted by molar-refractivity contribution is -0.138. The number of benzene rings is 1. The van der Waals surface area contributed by atoms with Gasteiger partial charge in [-0.2, -0.15) is 11.8 Å². The quantitative estimate of drug-likeness (QED) is 0.807. The highest BCUT2D eigenvalue weighted by Crippen LogP contribution is 2.29. The fourth-order valence-electron chi connectivity index (χ4n) is 2.84. The number of hydrogen-bond donors (Lipinski definition) is 2. The van der Waals surface area contributed by atoms with Crippen molar-refractivity contribution in [2.24, 2.45) is 0 Å². The second kappa shape index (κ2) is 7.85. The van der Waals surface area contributed by atoms with Gasteiger partial charge in [0.2, 0.25) is 0 Å². The summed E-state index contributed by atoms with van der Waals surface area (Å²) < 4.78 is 0. The highest BCUT2D eigenvalue weighted by Gasteiger charge is 2.23. The normalized spacial score (nSPS) is 23.1. The van der Waals surface area contributed by atoms with Crippen LogP contribution in [0.25, 0.3) is 0 Å². The summed E-state index contributed by atoms with van der Waals surface area (Å²) >= 11 is 2.08. The zero-order chi connectivity index (χ0) is 15.2. The smallest absolute Gasteiger partial charge is 0.310 e. The van der Waals surface area contributed by atoms with Gasteiger partial charge < -0.3 is 10.4 Å². The van der Waals surface area contributed by atoms with Crippen LogP contribution in [0.4, 0.5) is 0 Å². The molecule has 3 unspecified atom stereocenters. The SMILES string of the molecule is CCSC1CCC(NCc2ccc(C(C)C(=O)O)cc2)C1. The third kappa shape index (κ3) is 4.75. The standard InChI is InChI=1S/C17H25NO2S/c1-3-21-16-9-8-15(10-16)18-11-13-4-6-14(7-5-13)12(2)17(19)20/h4-7,12,15-16,18H,3,8-11H2,1-2H3,(H,19,20). The summed E-state index contributed by atoms with van der Waals surface area (Å²) in [6.45, 7) is 4.82. The Labute approximate surface area is 131 Å². The van der Waals surface area contributed by atoms with E-state index in [1.807, 2.05) is 24.3 Å². The number of carboxylic acid groups (broad SMARTS) is 1. The second-order valence-electron chi connectivity index (χ2n) is 5.77. The van der Waals surface area contributed by atoms with Crippen LogP contribution in [0.1, 0.15) is 50.2 Å². The Morgan fingerprint density at radius 3 is 2.71 bits per heavy atom. The van der Waals surface area contributed by atoms with Crippen LogP contribution in [0.3, 0.4) is 0 Å². The lowest BCUT2D eigenvalue weighted by atomic mass is 10.00. The third-order valence-electron chi connectivity index (χ3n) is 4.23. The molecule has 1 aliphatic rings. The van der Waals surface area contributed by atoms with Crippen LogP contribution in [0.2, 0.25) is 0 Å². The van der Waals surface area contributed by atoms with Gasteiger partial charge in [0.25, 0.3) is 0 Å². The summed E-state index contributed by atoms with van der Waals surface area (Å²) in [5.74, 6) is 0.000573. The zero-order valence-electron chi connectivity index (χ0n) is 12.8. The molecule has 2 rings (SSSR count). The van der Waals surface area contributed by atoms with Crippen molar-refractivity contribution in [3.8, 4) is 0 Å². The predicted molar refractivity (Wildman–Crippen MR) is 88.9 cm³/mol. The first kappa shape index (κ1) is 16.4. The molecule has 0 radical (unpaired) electrons. The predicted octanol–water partition coefficient (Wildman–Crippen LogP) is 3.64. The van der Waals surface area contributed by atoms with Crippen LogP contribution in [0.15, 0.2) is 24.3 Å². The molecular weight excluding hydrogens is 282 g/mol. The van der Waals surface area contributed by atoms with E-state index >= 15 is 0 Å². The van der Waals surface area contributed by atoms with Crippen LogP contribution in [-0.2, 0) is 11.3 Å². The number of aliphatic carboxylic acids is 1. The van der Waals surface area contributed by atoms with E-state index in [1.54, 1.807) is 6.92 Å². The maximum absolute atomic E-state index is 11.0. The molecule has 0 amide bonds. The second-order valence-corrected chi connectivity index (χ2v) is 7.35. The summed E-state index contributed by atoms with van der Waals surface area (Å²) in [6.07, 6.45) is 3.86. The first-order valence-corrected chi connectivity index (χ1v) is 8.81. The molecule has 0 aliphatic heterocycles. The summed E-state index contributed by atoms with van der Waals surface area (Å²) in [7, 11) is 0. The number of rotatable bonds is 7. The van der Waals surface area contributed by atoms with E-state index in [4.69, 9.17) is 5.11 Å². The Morgan fingerprint density at radius 1 is 1.38 bits per heavy atom. The molecule has 21 heavy (non-hydrogen) atoms. The first-order chi connectivity index (χ1) is 10.1. The molecule has 1 aliphatic carbocycles. The Morgan fingerprint density at radius 2 is 2.10 bits per heavy atom.